The first-order valence-corrected chi connectivity index (χ1v) is 10.3. The van der Waals surface area contributed by atoms with Crippen LogP contribution in [0.15, 0.2) is 48.5 Å². The van der Waals surface area contributed by atoms with E-state index in [4.69, 9.17) is 0 Å². The van der Waals surface area contributed by atoms with Crippen LogP contribution in [0.4, 0.5) is 5.69 Å². The van der Waals surface area contributed by atoms with Gasteiger partial charge in [-0.3, -0.25) is 9.59 Å². The summed E-state index contributed by atoms with van der Waals surface area (Å²) in [6.07, 6.45) is 7.03. The van der Waals surface area contributed by atoms with Crippen LogP contribution < -0.4 is 5.32 Å². The first kappa shape index (κ1) is 20.1. The Kier molecular flexibility index (Phi) is 6.85. The molecule has 3 rings (SSSR count). The molecule has 2 aromatic rings. The van der Waals surface area contributed by atoms with Gasteiger partial charge in [0.15, 0.2) is 0 Å². The number of amides is 2. The molecule has 0 heterocycles. The average Bonchev–Trinajstić information content (AvgIpc) is 2.73. The Bertz CT molecular complexity index is 790. The highest BCUT2D eigenvalue weighted by molar-refractivity contribution is 5.95. The van der Waals surface area contributed by atoms with Gasteiger partial charge in [-0.1, -0.05) is 49.1 Å². The van der Waals surface area contributed by atoms with Gasteiger partial charge in [0.1, 0.15) is 0 Å². The van der Waals surface area contributed by atoms with E-state index in [1.165, 1.54) is 24.8 Å². The maximum atomic E-state index is 12.7. The fourth-order valence-electron chi connectivity index (χ4n) is 3.77. The van der Waals surface area contributed by atoms with E-state index in [0.717, 1.165) is 30.5 Å². The molecule has 2 amide bonds. The molecular weight excluding hydrogens is 348 g/mol. The van der Waals surface area contributed by atoms with E-state index in [9.17, 15) is 9.59 Å². The molecule has 0 spiro atoms. The number of hydrogen-bond donors (Lipinski definition) is 1. The Labute approximate surface area is 167 Å². The van der Waals surface area contributed by atoms with Crippen molar-refractivity contribution in [2.45, 2.75) is 57.9 Å². The van der Waals surface area contributed by atoms with Gasteiger partial charge in [-0.15, -0.1) is 0 Å². The van der Waals surface area contributed by atoms with Crippen LogP contribution >= 0.6 is 0 Å². The summed E-state index contributed by atoms with van der Waals surface area (Å²) in [7, 11) is 1.90. The molecule has 0 unspecified atom stereocenters. The zero-order valence-corrected chi connectivity index (χ0v) is 16.9. The van der Waals surface area contributed by atoms with Crippen LogP contribution in [-0.4, -0.2) is 29.8 Å². The molecule has 2 aromatic carbocycles. The molecule has 0 saturated heterocycles. The van der Waals surface area contributed by atoms with Crippen molar-refractivity contribution in [1.29, 1.82) is 0 Å². The van der Waals surface area contributed by atoms with Gasteiger partial charge in [0, 0.05) is 30.8 Å². The Morgan fingerprint density at radius 1 is 0.964 bits per heavy atom. The number of anilines is 1. The molecule has 1 saturated carbocycles. The third-order valence-electron chi connectivity index (χ3n) is 5.62. The van der Waals surface area contributed by atoms with Crippen LogP contribution in [0, 0.1) is 6.92 Å². The van der Waals surface area contributed by atoms with Crippen LogP contribution in [0.2, 0.25) is 0 Å². The van der Waals surface area contributed by atoms with E-state index in [2.05, 4.69) is 36.5 Å². The molecule has 4 nitrogen and oxygen atoms in total. The van der Waals surface area contributed by atoms with Gasteiger partial charge in [0.2, 0.25) is 5.91 Å². The van der Waals surface area contributed by atoms with Crippen LogP contribution in [-0.2, 0) is 11.2 Å². The monoisotopic (exact) mass is 378 g/mol. The van der Waals surface area contributed by atoms with E-state index >= 15 is 0 Å². The molecule has 0 aromatic heterocycles. The van der Waals surface area contributed by atoms with Crippen molar-refractivity contribution in [3.05, 3.63) is 65.2 Å². The highest BCUT2D eigenvalue weighted by Gasteiger charge is 2.22. The molecule has 148 valence electrons. The molecule has 0 atom stereocenters. The van der Waals surface area contributed by atoms with Gasteiger partial charge in [0.05, 0.1) is 0 Å². The molecule has 0 radical (unpaired) electrons. The topological polar surface area (TPSA) is 49.4 Å². The van der Waals surface area contributed by atoms with E-state index in [1.54, 1.807) is 12.1 Å². The zero-order valence-electron chi connectivity index (χ0n) is 16.9. The Morgan fingerprint density at radius 3 is 2.25 bits per heavy atom. The van der Waals surface area contributed by atoms with Gasteiger partial charge < -0.3 is 10.2 Å². The van der Waals surface area contributed by atoms with Crippen LogP contribution in [0.5, 0.6) is 0 Å². The Morgan fingerprint density at radius 2 is 1.61 bits per heavy atom. The summed E-state index contributed by atoms with van der Waals surface area (Å²) in [6.45, 7) is 2.05. The van der Waals surface area contributed by atoms with Gasteiger partial charge >= 0.3 is 0 Å². The predicted molar refractivity (Wildman–Crippen MR) is 114 cm³/mol. The number of rotatable bonds is 6. The quantitative estimate of drug-likeness (QED) is 0.771. The number of benzene rings is 2. The summed E-state index contributed by atoms with van der Waals surface area (Å²) in [5.74, 6) is 0.0446. The number of aryl methyl sites for hydroxylation is 2. The van der Waals surface area contributed by atoms with E-state index < -0.39 is 0 Å². The standard InChI is InChI=1S/C24H30N2O2/c1-18-8-10-19(11-9-18)12-17-23(27)25-21-15-13-20(14-16-21)24(28)26(2)22-6-4-3-5-7-22/h8-11,13-16,22H,3-7,12,17H2,1-2H3,(H,25,27). The lowest BCUT2D eigenvalue weighted by atomic mass is 9.94. The largest absolute Gasteiger partial charge is 0.339 e. The minimum atomic E-state index is -0.0148. The summed E-state index contributed by atoms with van der Waals surface area (Å²) in [4.78, 5) is 26.8. The molecule has 4 heteroatoms. The second-order valence-corrected chi connectivity index (χ2v) is 7.82. The summed E-state index contributed by atoms with van der Waals surface area (Å²) in [5, 5.41) is 2.92. The minimum Gasteiger partial charge on any atom is -0.339 e. The lowest BCUT2D eigenvalue weighted by Crippen LogP contribution is -2.38. The number of hydrogen-bond acceptors (Lipinski definition) is 2. The maximum Gasteiger partial charge on any atom is 0.253 e. The van der Waals surface area contributed by atoms with Crippen molar-refractivity contribution in [2.24, 2.45) is 0 Å². The molecule has 1 aliphatic rings. The molecule has 0 aliphatic heterocycles. The van der Waals surface area contributed by atoms with E-state index in [-0.39, 0.29) is 11.8 Å². The fourth-order valence-corrected chi connectivity index (χ4v) is 3.77. The van der Waals surface area contributed by atoms with Gasteiger partial charge in [-0.05, 0) is 56.0 Å². The lowest BCUT2D eigenvalue weighted by molar-refractivity contribution is -0.116. The smallest absolute Gasteiger partial charge is 0.253 e. The van der Waals surface area contributed by atoms with Gasteiger partial charge in [0.25, 0.3) is 5.91 Å². The van der Waals surface area contributed by atoms with Crippen LogP contribution in [0.1, 0.15) is 60.0 Å². The molecule has 1 aliphatic carbocycles. The maximum absolute atomic E-state index is 12.7. The molecule has 1 fully saturated rings. The number of carbonyl (C=O) groups is 2. The van der Waals surface area contributed by atoms with Crippen molar-refractivity contribution in [3.63, 3.8) is 0 Å². The van der Waals surface area contributed by atoms with Crippen LogP contribution in [0.25, 0.3) is 0 Å². The third-order valence-corrected chi connectivity index (χ3v) is 5.62. The molecule has 28 heavy (non-hydrogen) atoms. The second kappa shape index (κ2) is 9.54. The third kappa shape index (κ3) is 5.44. The van der Waals surface area contributed by atoms with Crippen molar-refractivity contribution < 1.29 is 9.59 Å². The number of nitrogens with one attached hydrogen (secondary N) is 1. The minimum absolute atomic E-state index is 0.0148. The van der Waals surface area contributed by atoms with Crippen molar-refractivity contribution in [1.82, 2.24) is 4.90 Å². The highest BCUT2D eigenvalue weighted by atomic mass is 16.2. The van der Waals surface area contributed by atoms with Gasteiger partial charge in [-0.25, -0.2) is 0 Å². The van der Waals surface area contributed by atoms with Gasteiger partial charge in [-0.2, -0.15) is 0 Å². The lowest BCUT2D eigenvalue weighted by Gasteiger charge is -2.31. The average molecular weight is 379 g/mol. The molecule has 1 N–H and O–H groups in total. The first-order valence-electron chi connectivity index (χ1n) is 10.3. The summed E-state index contributed by atoms with van der Waals surface area (Å²) in [6, 6.07) is 15.8. The van der Waals surface area contributed by atoms with Crippen LogP contribution in [0.3, 0.4) is 0 Å². The Hall–Kier alpha value is -2.62. The normalized spacial score (nSPS) is 14.5. The number of nitrogens with zero attached hydrogens (tertiary/aromatic N) is 1. The van der Waals surface area contributed by atoms with E-state index in [0.29, 0.717) is 18.0 Å². The van der Waals surface area contributed by atoms with E-state index in [1.807, 2.05) is 24.1 Å². The SMILES string of the molecule is Cc1ccc(CCC(=O)Nc2ccc(C(=O)N(C)C3CCCCC3)cc2)cc1. The van der Waals surface area contributed by atoms with Crippen molar-refractivity contribution in [3.8, 4) is 0 Å². The molecular formula is C24H30N2O2. The van der Waals surface area contributed by atoms with Crippen molar-refractivity contribution in [2.75, 3.05) is 12.4 Å². The Balaban J connectivity index is 1.51. The summed E-state index contributed by atoms with van der Waals surface area (Å²) in [5.41, 5.74) is 3.78. The summed E-state index contributed by atoms with van der Waals surface area (Å²) >= 11 is 0. The number of carbonyl (C=O) groups excluding carboxylic acids is 2. The zero-order chi connectivity index (χ0) is 19.9. The summed E-state index contributed by atoms with van der Waals surface area (Å²) < 4.78 is 0. The second-order valence-electron chi connectivity index (χ2n) is 7.82. The highest BCUT2D eigenvalue weighted by Crippen LogP contribution is 2.23. The first-order chi connectivity index (χ1) is 13.5. The molecule has 0 bridgehead atoms. The fraction of sp³-hybridized carbons (Fsp3) is 0.417. The predicted octanol–water partition coefficient (Wildman–Crippen LogP) is 4.97. The van der Waals surface area contributed by atoms with Crippen molar-refractivity contribution >= 4 is 17.5 Å².